The topological polar surface area (TPSA) is 46.3 Å². The van der Waals surface area contributed by atoms with Gasteiger partial charge in [0, 0.05) is 12.6 Å². The maximum Gasteiger partial charge on any atom is 0.236 e. The minimum absolute atomic E-state index is 0.133. The van der Waals surface area contributed by atoms with Crippen molar-refractivity contribution < 1.29 is 4.79 Å². The number of hydrogen-bond acceptors (Lipinski definition) is 2. The molecule has 1 amide bonds. The van der Waals surface area contributed by atoms with Crippen molar-refractivity contribution in [2.24, 2.45) is 11.7 Å². The Morgan fingerprint density at radius 3 is 3.00 bits per heavy atom. The minimum atomic E-state index is 0.133. The highest BCUT2D eigenvalue weighted by Crippen LogP contribution is 2.38. The predicted molar refractivity (Wildman–Crippen MR) is 41.9 cm³/mol. The van der Waals surface area contributed by atoms with Crippen molar-refractivity contribution in [3.05, 3.63) is 0 Å². The quantitative estimate of drug-likeness (QED) is 0.576. The third kappa shape index (κ3) is 0.948. The van der Waals surface area contributed by atoms with Gasteiger partial charge in [-0.3, -0.25) is 4.79 Å². The number of nitrogens with two attached hydrogens (primary N) is 1. The average Bonchev–Trinajstić information content (AvgIpc) is 2.32. The van der Waals surface area contributed by atoms with E-state index < -0.39 is 0 Å². The summed E-state index contributed by atoms with van der Waals surface area (Å²) in [6, 6.07) is 0.561. The zero-order chi connectivity index (χ0) is 7.84. The Morgan fingerprint density at radius 1 is 1.55 bits per heavy atom. The van der Waals surface area contributed by atoms with E-state index in [0.29, 0.717) is 6.04 Å². The SMILES string of the molecule is NCC(=O)N1CC2CCCC21. The number of hydrogen-bond donors (Lipinski definition) is 1. The molecule has 0 aromatic rings. The van der Waals surface area contributed by atoms with Crippen molar-refractivity contribution in [2.45, 2.75) is 25.3 Å². The van der Waals surface area contributed by atoms with Gasteiger partial charge in [-0.05, 0) is 18.8 Å². The maximum absolute atomic E-state index is 11.1. The van der Waals surface area contributed by atoms with Crippen LogP contribution in [-0.2, 0) is 4.79 Å². The molecular weight excluding hydrogens is 140 g/mol. The molecule has 11 heavy (non-hydrogen) atoms. The average molecular weight is 154 g/mol. The lowest BCUT2D eigenvalue weighted by Gasteiger charge is -2.44. The van der Waals surface area contributed by atoms with Crippen molar-refractivity contribution in [2.75, 3.05) is 13.1 Å². The van der Waals surface area contributed by atoms with Crippen LogP contribution in [0.2, 0.25) is 0 Å². The molecule has 2 fully saturated rings. The molecule has 62 valence electrons. The van der Waals surface area contributed by atoms with Gasteiger partial charge in [-0.25, -0.2) is 0 Å². The van der Waals surface area contributed by atoms with Crippen LogP contribution in [0.3, 0.4) is 0 Å². The Hall–Kier alpha value is -0.570. The van der Waals surface area contributed by atoms with Crippen LogP contribution in [0.25, 0.3) is 0 Å². The molecule has 0 radical (unpaired) electrons. The van der Waals surface area contributed by atoms with E-state index in [0.717, 1.165) is 12.5 Å². The van der Waals surface area contributed by atoms with E-state index >= 15 is 0 Å². The second-order valence-corrected chi connectivity index (χ2v) is 3.51. The largest absolute Gasteiger partial charge is 0.338 e. The van der Waals surface area contributed by atoms with Gasteiger partial charge in [0.15, 0.2) is 0 Å². The predicted octanol–water partition coefficient (Wildman–Crippen LogP) is -0.0440. The normalized spacial score (nSPS) is 34.8. The van der Waals surface area contributed by atoms with Crippen LogP contribution in [0.5, 0.6) is 0 Å². The molecule has 2 N–H and O–H groups in total. The summed E-state index contributed by atoms with van der Waals surface area (Å²) in [5.74, 6) is 0.943. The van der Waals surface area contributed by atoms with E-state index in [-0.39, 0.29) is 12.5 Å². The maximum atomic E-state index is 11.1. The van der Waals surface area contributed by atoms with Crippen LogP contribution in [-0.4, -0.2) is 29.9 Å². The van der Waals surface area contributed by atoms with Crippen LogP contribution in [0.4, 0.5) is 0 Å². The summed E-state index contributed by atoms with van der Waals surface area (Å²) in [5, 5.41) is 0. The fourth-order valence-electron chi connectivity index (χ4n) is 2.29. The molecule has 2 rings (SSSR count). The molecule has 0 aromatic carbocycles. The van der Waals surface area contributed by atoms with Gasteiger partial charge in [0.2, 0.25) is 5.91 Å². The van der Waals surface area contributed by atoms with Gasteiger partial charge in [-0.2, -0.15) is 0 Å². The summed E-state index contributed by atoms with van der Waals surface area (Å²) >= 11 is 0. The van der Waals surface area contributed by atoms with Crippen molar-refractivity contribution in [1.82, 2.24) is 4.90 Å². The number of carbonyl (C=O) groups is 1. The van der Waals surface area contributed by atoms with Crippen LogP contribution in [0.1, 0.15) is 19.3 Å². The lowest BCUT2D eigenvalue weighted by molar-refractivity contribution is -0.140. The monoisotopic (exact) mass is 154 g/mol. The van der Waals surface area contributed by atoms with Gasteiger partial charge in [-0.15, -0.1) is 0 Å². The van der Waals surface area contributed by atoms with E-state index in [2.05, 4.69) is 0 Å². The molecule has 0 spiro atoms. The molecule has 2 unspecified atom stereocenters. The molecule has 3 nitrogen and oxygen atoms in total. The summed E-state index contributed by atoms with van der Waals surface area (Å²) in [6.07, 6.45) is 3.82. The second kappa shape index (κ2) is 2.48. The third-order valence-electron chi connectivity index (χ3n) is 2.95. The highest BCUT2D eigenvalue weighted by molar-refractivity contribution is 5.79. The van der Waals surface area contributed by atoms with Gasteiger partial charge in [0.25, 0.3) is 0 Å². The van der Waals surface area contributed by atoms with E-state index in [1.165, 1.54) is 19.3 Å². The van der Waals surface area contributed by atoms with Crippen LogP contribution < -0.4 is 5.73 Å². The summed E-state index contributed by atoms with van der Waals surface area (Å²) in [5.41, 5.74) is 5.27. The Morgan fingerprint density at radius 2 is 2.36 bits per heavy atom. The number of amides is 1. The second-order valence-electron chi connectivity index (χ2n) is 3.51. The lowest BCUT2D eigenvalue weighted by atomic mass is 9.92. The van der Waals surface area contributed by atoms with E-state index in [1.54, 1.807) is 0 Å². The van der Waals surface area contributed by atoms with Crippen molar-refractivity contribution >= 4 is 5.91 Å². The molecule has 1 saturated carbocycles. The highest BCUT2D eigenvalue weighted by atomic mass is 16.2. The number of likely N-dealkylation sites (tertiary alicyclic amines) is 1. The molecule has 0 aromatic heterocycles. The summed E-state index contributed by atoms with van der Waals surface area (Å²) in [6.45, 7) is 1.16. The number of carbonyl (C=O) groups excluding carboxylic acids is 1. The molecule has 1 heterocycles. The number of nitrogens with zero attached hydrogens (tertiary/aromatic N) is 1. The molecule has 1 saturated heterocycles. The fraction of sp³-hybridized carbons (Fsp3) is 0.875. The van der Waals surface area contributed by atoms with Crippen LogP contribution in [0.15, 0.2) is 0 Å². The highest BCUT2D eigenvalue weighted by Gasteiger charge is 2.43. The van der Waals surface area contributed by atoms with E-state index in [1.807, 2.05) is 4.90 Å². The first-order valence-electron chi connectivity index (χ1n) is 4.32. The summed E-state index contributed by atoms with van der Waals surface area (Å²) in [7, 11) is 0. The van der Waals surface area contributed by atoms with Crippen molar-refractivity contribution in [3.8, 4) is 0 Å². The summed E-state index contributed by atoms with van der Waals surface area (Å²) < 4.78 is 0. The number of fused-ring (bicyclic) bond motifs is 1. The Labute approximate surface area is 66.5 Å². The minimum Gasteiger partial charge on any atom is -0.338 e. The zero-order valence-corrected chi connectivity index (χ0v) is 6.62. The molecule has 1 aliphatic heterocycles. The van der Waals surface area contributed by atoms with E-state index in [9.17, 15) is 4.79 Å². The standard InChI is InChI=1S/C8H14N2O/c9-4-8(11)10-5-6-2-1-3-7(6)10/h6-7H,1-5,9H2. The fourth-order valence-corrected chi connectivity index (χ4v) is 2.29. The van der Waals surface area contributed by atoms with Crippen molar-refractivity contribution in [1.29, 1.82) is 0 Å². The van der Waals surface area contributed by atoms with Gasteiger partial charge in [-0.1, -0.05) is 6.42 Å². The summed E-state index contributed by atoms with van der Waals surface area (Å²) in [4.78, 5) is 13.1. The molecule has 1 aliphatic carbocycles. The van der Waals surface area contributed by atoms with Gasteiger partial charge < -0.3 is 10.6 Å². The first kappa shape index (κ1) is 7.10. The molecule has 2 atom stereocenters. The zero-order valence-electron chi connectivity index (χ0n) is 6.62. The van der Waals surface area contributed by atoms with Gasteiger partial charge >= 0.3 is 0 Å². The Bertz CT molecular complexity index is 181. The molecular formula is C8H14N2O. The first-order valence-corrected chi connectivity index (χ1v) is 4.32. The Balaban J connectivity index is 1.94. The molecule has 2 aliphatic rings. The third-order valence-corrected chi connectivity index (χ3v) is 2.95. The smallest absolute Gasteiger partial charge is 0.236 e. The van der Waals surface area contributed by atoms with Crippen LogP contribution >= 0.6 is 0 Å². The van der Waals surface area contributed by atoms with Gasteiger partial charge in [0.05, 0.1) is 6.54 Å². The van der Waals surface area contributed by atoms with Gasteiger partial charge in [0.1, 0.15) is 0 Å². The first-order chi connectivity index (χ1) is 5.33. The van der Waals surface area contributed by atoms with Crippen LogP contribution in [0, 0.1) is 5.92 Å². The lowest BCUT2D eigenvalue weighted by Crippen LogP contribution is -2.57. The van der Waals surface area contributed by atoms with Crippen molar-refractivity contribution in [3.63, 3.8) is 0 Å². The molecule has 0 bridgehead atoms. The number of rotatable bonds is 1. The Kier molecular flexibility index (Phi) is 1.60. The molecule has 3 heteroatoms. The van der Waals surface area contributed by atoms with E-state index in [4.69, 9.17) is 5.73 Å².